The van der Waals surface area contributed by atoms with E-state index in [9.17, 15) is 13.6 Å². The molecule has 0 spiro atoms. The average molecular weight is 483 g/mol. The highest BCUT2D eigenvalue weighted by molar-refractivity contribution is 6.31. The Hall–Kier alpha value is -3.25. The summed E-state index contributed by atoms with van der Waals surface area (Å²) in [6, 6.07) is 17.9. The van der Waals surface area contributed by atoms with Crippen LogP contribution in [0, 0.1) is 17.6 Å². The van der Waals surface area contributed by atoms with Crippen LogP contribution in [0.1, 0.15) is 49.1 Å². The molecule has 4 nitrogen and oxygen atoms in total. The van der Waals surface area contributed by atoms with Gasteiger partial charge in [0, 0.05) is 17.7 Å². The molecular weight excluding hydrogens is 458 g/mol. The molecule has 0 radical (unpaired) electrons. The molecule has 0 bridgehead atoms. The van der Waals surface area contributed by atoms with Gasteiger partial charge in [0.25, 0.3) is 0 Å². The lowest BCUT2D eigenvalue weighted by atomic mass is 9.86. The number of rotatable bonds is 5. The number of carbonyl (C=O) groups is 1. The lowest BCUT2D eigenvalue weighted by Gasteiger charge is -2.21. The summed E-state index contributed by atoms with van der Waals surface area (Å²) in [5.41, 5.74) is 2.85. The van der Waals surface area contributed by atoms with Crippen molar-refractivity contribution in [2.24, 2.45) is 11.1 Å². The van der Waals surface area contributed by atoms with Crippen molar-refractivity contribution in [1.29, 1.82) is 0 Å². The topological polar surface area (TPSA) is 50.7 Å². The van der Waals surface area contributed by atoms with Gasteiger partial charge in [-0.2, -0.15) is 0 Å². The van der Waals surface area contributed by atoms with Gasteiger partial charge < -0.3 is 10.2 Å². The van der Waals surface area contributed by atoms with Gasteiger partial charge in [0.1, 0.15) is 23.3 Å². The zero-order valence-corrected chi connectivity index (χ0v) is 19.9. The van der Waals surface area contributed by atoms with Crippen LogP contribution >= 0.6 is 11.6 Å². The van der Waals surface area contributed by atoms with Gasteiger partial charge in [-0.25, -0.2) is 8.78 Å². The highest BCUT2D eigenvalue weighted by atomic mass is 35.5. The quantitative estimate of drug-likeness (QED) is 0.462. The summed E-state index contributed by atoms with van der Waals surface area (Å²) in [6.07, 6.45) is -0.925. The maximum absolute atomic E-state index is 14.6. The third-order valence-corrected chi connectivity index (χ3v) is 6.18. The number of nitrogens with one attached hydrogen (secondary N) is 1. The predicted octanol–water partition coefficient (Wildman–Crippen LogP) is 6.32. The molecular formula is C27H25ClF2N2O2. The van der Waals surface area contributed by atoms with Crippen LogP contribution in [0.2, 0.25) is 5.02 Å². The van der Waals surface area contributed by atoms with Gasteiger partial charge in [0.05, 0.1) is 5.02 Å². The minimum absolute atomic E-state index is 0.0235. The molecule has 34 heavy (non-hydrogen) atoms. The van der Waals surface area contributed by atoms with Crippen LogP contribution in [0.3, 0.4) is 0 Å². The van der Waals surface area contributed by atoms with Crippen LogP contribution < -0.4 is 5.32 Å². The largest absolute Gasteiger partial charge is 0.386 e. The predicted molar refractivity (Wildman–Crippen MR) is 129 cm³/mol. The number of hydrogen-bond donors (Lipinski definition) is 1. The molecule has 2 atom stereocenters. The number of halogens is 3. The van der Waals surface area contributed by atoms with Crippen molar-refractivity contribution in [3.05, 3.63) is 106 Å². The van der Waals surface area contributed by atoms with Crippen LogP contribution in [0.25, 0.3) is 0 Å². The van der Waals surface area contributed by atoms with Gasteiger partial charge in [0.2, 0.25) is 5.91 Å². The first-order chi connectivity index (χ1) is 16.1. The van der Waals surface area contributed by atoms with Crippen molar-refractivity contribution in [2.45, 2.75) is 38.8 Å². The zero-order valence-electron chi connectivity index (χ0n) is 19.1. The fraction of sp³-hybridized carbons (Fsp3) is 0.259. The van der Waals surface area contributed by atoms with Crippen molar-refractivity contribution in [1.82, 2.24) is 5.32 Å². The maximum Gasteiger partial charge on any atom is 0.233 e. The molecule has 7 heteroatoms. The standard InChI is InChI=1S/C27H25ClF2N2O2/c1-27(2,3)17-10-8-16(9-11-17)15-31-26(33)23-24(20-6-4-5-7-22(20)30)32-34-25(23)19-13-12-18(29)14-21(19)28/h4-14,23,25H,15H2,1-3H3,(H,31,33). The molecule has 1 N–H and O–H groups in total. The SMILES string of the molecule is CC(C)(C)c1ccc(CNC(=O)C2C(c3ccccc3F)=NOC2c2ccc(F)cc2Cl)cc1. The Bertz CT molecular complexity index is 1240. The molecule has 0 saturated carbocycles. The molecule has 1 heterocycles. The number of benzene rings is 3. The summed E-state index contributed by atoms with van der Waals surface area (Å²) in [5, 5.41) is 7.06. The van der Waals surface area contributed by atoms with Gasteiger partial charge in [-0.1, -0.05) is 86.1 Å². The summed E-state index contributed by atoms with van der Waals surface area (Å²) < 4.78 is 28.2. The van der Waals surface area contributed by atoms with E-state index in [1.54, 1.807) is 12.1 Å². The number of nitrogens with zero attached hydrogens (tertiary/aromatic N) is 1. The van der Waals surface area contributed by atoms with E-state index in [2.05, 4.69) is 31.2 Å². The van der Waals surface area contributed by atoms with E-state index in [1.165, 1.54) is 29.8 Å². The van der Waals surface area contributed by atoms with E-state index in [4.69, 9.17) is 16.4 Å². The highest BCUT2D eigenvalue weighted by Crippen LogP contribution is 2.39. The average Bonchev–Trinajstić information content (AvgIpc) is 3.22. The molecule has 1 aliphatic rings. The van der Waals surface area contributed by atoms with Gasteiger partial charge in [-0.05, 0) is 34.7 Å². The van der Waals surface area contributed by atoms with E-state index < -0.39 is 29.6 Å². The van der Waals surface area contributed by atoms with Crippen molar-refractivity contribution < 1.29 is 18.4 Å². The smallest absolute Gasteiger partial charge is 0.233 e. The van der Waals surface area contributed by atoms with Gasteiger partial charge >= 0.3 is 0 Å². The molecule has 0 aromatic heterocycles. The second-order valence-electron chi connectivity index (χ2n) is 9.29. The summed E-state index contributed by atoms with van der Waals surface area (Å²) >= 11 is 6.25. The number of amides is 1. The fourth-order valence-corrected chi connectivity index (χ4v) is 4.19. The minimum atomic E-state index is -0.978. The minimum Gasteiger partial charge on any atom is -0.386 e. The van der Waals surface area contributed by atoms with Crippen LogP contribution in [0.15, 0.2) is 71.9 Å². The molecule has 4 rings (SSSR count). The van der Waals surface area contributed by atoms with E-state index in [0.717, 1.165) is 11.6 Å². The number of carbonyl (C=O) groups excluding carboxylic acids is 1. The summed E-state index contributed by atoms with van der Waals surface area (Å²) in [5.74, 6) is -2.41. The van der Waals surface area contributed by atoms with Crippen LogP contribution in [0.5, 0.6) is 0 Å². The Kier molecular flexibility index (Phi) is 6.71. The molecule has 0 saturated heterocycles. The second kappa shape index (κ2) is 9.55. The first-order valence-electron chi connectivity index (χ1n) is 11.0. The molecule has 2 unspecified atom stereocenters. The van der Waals surface area contributed by atoms with Crippen LogP contribution in [0.4, 0.5) is 8.78 Å². The summed E-state index contributed by atoms with van der Waals surface area (Å²) in [7, 11) is 0. The monoisotopic (exact) mass is 482 g/mol. The molecule has 1 amide bonds. The molecule has 0 fully saturated rings. The third kappa shape index (κ3) is 4.97. The molecule has 0 aliphatic carbocycles. The molecule has 176 valence electrons. The lowest BCUT2D eigenvalue weighted by Crippen LogP contribution is -2.37. The normalized spacial score (nSPS) is 17.8. The highest BCUT2D eigenvalue weighted by Gasteiger charge is 2.43. The summed E-state index contributed by atoms with van der Waals surface area (Å²) in [6.45, 7) is 6.67. The van der Waals surface area contributed by atoms with Crippen LogP contribution in [-0.2, 0) is 21.6 Å². The molecule has 3 aromatic carbocycles. The number of oxime groups is 1. The van der Waals surface area contributed by atoms with Crippen molar-refractivity contribution in [2.75, 3.05) is 0 Å². The summed E-state index contributed by atoms with van der Waals surface area (Å²) in [4.78, 5) is 19.0. The number of hydrogen-bond acceptors (Lipinski definition) is 3. The maximum atomic E-state index is 14.6. The van der Waals surface area contributed by atoms with Crippen LogP contribution in [-0.4, -0.2) is 11.6 Å². The fourth-order valence-electron chi connectivity index (χ4n) is 3.91. The Morgan fingerprint density at radius 2 is 1.76 bits per heavy atom. The van der Waals surface area contributed by atoms with Crippen molar-refractivity contribution in [3.8, 4) is 0 Å². The Labute approximate surface area is 202 Å². The zero-order chi connectivity index (χ0) is 24.5. The van der Waals surface area contributed by atoms with Crippen molar-refractivity contribution in [3.63, 3.8) is 0 Å². The molecule has 1 aliphatic heterocycles. The van der Waals surface area contributed by atoms with Gasteiger partial charge in [-0.15, -0.1) is 0 Å². The Morgan fingerprint density at radius 3 is 2.41 bits per heavy atom. The lowest BCUT2D eigenvalue weighted by molar-refractivity contribution is -0.126. The third-order valence-electron chi connectivity index (χ3n) is 5.85. The van der Waals surface area contributed by atoms with E-state index in [-0.39, 0.29) is 28.3 Å². The van der Waals surface area contributed by atoms with E-state index >= 15 is 0 Å². The van der Waals surface area contributed by atoms with Gasteiger partial charge in [-0.3, -0.25) is 4.79 Å². The molecule has 3 aromatic rings. The van der Waals surface area contributed by atoms with Gasteiger partial charge in [0.15, 0.2) is 6.10 Å². The second-order valence-corrected chi connectivity index (χ2v) is 9.70. The van der Waals surface area contributed by atoms with Crippen molar-refractivity contribution >= 4 is 23.2 Å². The van der Waals surface area contributed by atoms with E-state index in [1.807, 2.05) is 24.3 Å². The Morgan fingerprint density at radius 1 is 1.06 bits per heavy atom. The first kappa shape index (κ1) is 23.9. The Balaban J connectivity index is 1.61. The first-order valence-corrected chi connectivity index (χ1v) is 11.3. The van der Waals surface area contributed by atoms with E-state index in [0.29, 0.717) is 5.56 Å².